The summed E-state index contributed by atoms with van der Waals surface area (Å²) < 4.78 is 7.49. The van der Waals surface area contributed by atoms with E-state index in [0.717, 1.165) is 33.2 Å². The van der Waals surface area contributed by atoms with Gasteiger partial charge in [-0.1, -0.05) is 42.1 Å². The van der Waals surface area contributed by atoms with Crippen molar-refractivity contribution in [1.82, 2.24) is 15.0 Å². The number of methoxy groups -OCH3 is 1. The van der Waals surface area contributed by atoms with Gasteiger partial charge in [0.05, 0.1) is 17.6 Å². The molecular weight excluding hydrogens is 406 g/mol. The number of para-hydroxylation sites is 2. The van der Waals surface area contributed by atoms with E-state index in [9.17, 15) is 9.59 Å². The number of hydrazine groups is 1. The molecule has 0 bridgehead atoms. The van der Waals surface area contributed by atoms with Crippen molar-refractivity contribution in [3.05, 3.63) is 70.8 Å². The summed E-state index contributed by atoms with van der Waals surface area (Å²) in [7, 11) is 3.44. The minimum atomic E-state index is -0.467. The smallest absolute Gasteiger partial charge is 0.285 e. The fourth-order valence-corrected chi connectivity index (χ4v) is 4.36. The number of carbonyl (C=O) groups excluding carboxylic acids is 2. The average molecular weight is 424 g/mol. The molecule has 8 heteroatoms. The van der Waals surface area contributed by atoms with Crippen molar-refractivity contribution in [2.75, 3.05) is 7.11 Å². The molecule has 1 saturated heterocycles. The Kier molecular flexibility index (Phi) is 5.12. The van der Waals surface area contributed by atoms with E-state index in [2.05, 4.69) is 5.43 Å². The Morgan fingerprint density at radius 2 is 1.90 bits per heavy atom. The molecule has 1 N–H and O–H groups in total. The van der Waals surface area contributed by atoms with Crippen LogP contribution in [-0.4, -0.2) is 32.8 Å². The van der Waals surface area contributed by atoms with Crippen molar-refractivity contribution >= 4 is 57.1 Å². The lowest BCUT2D eigenvalue weighted by Gasteiger charge is -2.16. The first-order chi connectivity index (χ1) is 14.0. The van der Waals surface area contributed by atoms with E-state index >= 15 is 0 Å². The van der Waals surface area contributed by atoms with Gasteiger partial charge in [-0.3, -0.25) is 15.0 Å². The van der Waals surface area contributed by atoms with Gasteiger partial charge >= 0.3 is 0 Å². The zero-order valence-electron chi connectivity index (χ0n) is 15.7. The van der Waals surface area contributed by atoms with Crippen molar-refractivity contribution in [3.63, 3.8) is 0 Å². The molecule has 0 saturated carbocycles. The number of aromatic nitrogens is 1. The maximum absolute atomic E-state index is 12.9. The fourth-order valence-electron chi connectivity index (χ4n) is 3.19. The second kappa shape index (κ2) is 7.73. The van der Waals surface area contributed by atoms with Crippen molar-refractivity contribution in [2.24, 2.45) is 7.05 Å². The number of fused-ring (bicyclic) bond motifs is 1. The minimum Gasteiger partial charge on any atom is -0.496 e. The summed E-state index contributed by atoms with van der Waals surface area (Å²) >= 11 is 6.47. The molecule has 1 aromatic heterocycles. The molecule has 0 spiro atoms. The van der Waals surface area contributed by atoms with E-state index in [1.54, 1.807) is 30.3 Å². The number of hydrogen-bond acceptors (Lipinski definition) is 5. The van der Waals surface area contributed by atoms with Crippen LogP contribution in [0, 0.1) is 0 Å². The van der Waals surface area contributed by atoms with Crippen LogP contribution in [0.2, 0.25) is 0 Å². The molecule has 3 aromatic rings. The van der Waals surface area contributed by atoms with Crippen LogP contribution in [0.4, 0.5) is 0 Å². The molecule has 2 heterocycles. The monoisotopic (exact) mass is 423 g/mol. The van der Waals surface area contributed by atoms with Crippen LogP contribution in [0.3, 0.4) is 0 Å². The Morgan fingerprint density at radius 3 is 2.69 bits per heavy atom. The molecule has 0 unspecified atom stereocenters. The van der Waals surface area contributed by atoms with Crippen molar-refractivity contribution < 1.29 is 14.3 Å². The number of hydrogen-bond donors (Lipinski definition) is 1. The number of ether oxygens (including phenoxy) is 1. The Bertz CT molecular complexity index is 1180. The van der Waals surface area contributed by atoms with E-state index < -0.39 is 5.91 Å². The molecule has 0 aliphatic carbocycles. The lowest BCUT2D eigenvalue weighted by molar-refractivity contribution is -0.123. The van der Waals surface area contributed by atoms with Gasteiger partial charge in [0.1, 0.15) is 5.75 Å². The molecule has 1 fully saturated rings. The van der Waals surface area contributed by atoms with Gasteiger partial charge in [-0.2, -0.15) is 5.01 Å². The molecular formula is C21H17N3O3S2. The number of nitrogens with zero attached hydrogens (tertiary/aromatic N) is 2. The summed E-state index contributed by atoms with van der Waals surface area (Å²) in [6.45, 7) is 0. The van der Waals surface area contributed by atoms with Crippen LogP contribution in [0.15, 0.2) is 59.6 Å². The van der Waals surface area contributed by atoms with Crippen molar-refractivity contribution in [3.8, 4) is 5.75 Å². The highest BCUT2D eigenvalue weighted by atomic mass is 32.2. The highest BCUT2D eigenvalue weighted by molar-refractivity contribution is 8.26. The molecule has 1 aliphatic rings. The second-order valence-corrected chi connectivity index (χ2v) is 8.05. The van der Waals surface area contributed by atoms with Crippen molar-refractivity contribution in [2.45, 2.75) is 0 Å². The zero-order chi connectivity index (χ0) is 20.5. The summed E-state index contributed by atoms with van der Waals surface area (Å²) in [6, 6.07) is 14.7. The first-order valence-corrected chi connectivity index (χ1v) is 9.98. The third-order valence-corrected chi connectivity index (χ3v) is 5.88. The van der Waals surface area contributed by atoms with E-state index in [4.69, 9.17) is 17.0 Å². The van der Waals surface area contributed by atoms with E-state index in [1.165, 1.54) is 7.11 Å². The highest BCUT2D eigenvalue weighted by Crippen LogP contribution is 2.33. The molecule has 29 heavy (non-hydrogen) atoms. The Hall–Kier alpha value is -3.10. The standard InChI is InChI=1S/C21H17N3O3S2/c1-23-12-13(14-7-3-5-9-16(14)23)11-18-20(26)24(21(28)29-18)22-19(25)15-8-4-6-10-17(15)27-2/h3-12H,1-2H3,(H,22,25). The van der Waals surface area contributed by atoms with Crippen molar-refractivity contribution in [1.29, 1.82) is 0 Å². The first-order valence-electron chi connectivity index (χ1n) is 8.75. The van der Waals surface area contributed by atoms with E-state index in [1.807, 2.05) is 42.1 Å². The molecule has 2 amide bonds. The summed E-state index contributed by atoms with van der Waals surface area (Å²) in [5.74, 6) is -0.414. The molecule has 2 aromatic carbocycles. The summed E-state index contributed by atoms with van der Waals surface area (Å²) in [4.78, 5) is 26.0. The molecule has 0 radical (unpaired) electrons. The quantitative estimate of drug-likeness (QED) is 0.512. The number of amides is 2. The SMILES string of the molecule is COc1ccccc1C(=O)NN1C(=O)C(=Cc2cn(C)c3ccccc23)SC1=S. The number of benzene rings is 2. The fraction of sp³-hybridized carbons (Fsp3) is 0.0952. The second-order valence-electron chi connectivity index (χ2n) is 6.37. The third kappa shape index (κ3) is 3.52. The average Bonchev–Trinajstić information content (AvgIpc) is 3.19. The normalized spacial score (nSPS) is 15.4. The number of carbonyl (C=O) groups is 2. The third-order valence-electron chi connectivity index (χ3n) is 4.57. The van der Waals surface area contributed by atoms with Gasteiger partial charge in [0.2, 0.25) is 0 Å². The van der Waals surface area contributed by atoms with Crippen LogP contribution in [-0.2, 0) is 11.8 Å². The summed E-state index contributed by atoms with van der Waals surface area (Å²) in [6.07, 6.45) is 3.77. The molecule has 0 atom stereocenters. The number of aryl methyl sites for hydroxylation is 1. The first kappa shape index (κ1) is 19.2. The van der Waals surface area contributed by atoms with Crippen LogP contribution < -0.4 is 10.2 Å². The van der Waals surface area contributed by atoms with Crippen LogP contribution in [0.1, 0.15) is 15.9 Å². The predicted octanol–water partition coefficient (Wildman–Crippen LogP) is 3.73. The number of thioether (sulfide) groups is 1. The topological polar surface area (TPSA) is 63.6 Å². The Morgan fingerprint density at radius 1 is 1.17 bits per heavy atom. The van der Waals surface area contributed by atoms with Gasteiger partial charge < -0.3 is 9.30 Å². The summed E-state index contributed by atoms with van der Waals surface area (Å²) in [5, 5.41) is 2.14. The zero-order valence-corrected chi connectivity index (χ0v) is 17.3. The summed E-state index contributed by atoms with van der Waals surface area (Å²) in [5.41, 5.74) is 4.89. The van der Waals surface area contributed by atoms with Gasteiger partial charge in [0.15, 0.2) is 4.32 Å². The van der Waals surface area contributed by atoms with E-state index in [0.29, 0.717) is 16.2 Å². The van der Waals surface area contributed by atoms with Crippen LogP contribution in [0.25, 0.3) is 17.0 Å². The molecule has 146 valence electrons. The molecule has 4 rings (SSSR count). The highest BCUT2D eigenvalue weighted by Gasteiger charge is 2.34. The maximum atomic E-state index is 12.9. The van der Waals surface area contributed by atoms with Gasteiger partial charge in [-0.25, -0.2) is 0 Å². The largest absolute Gasteiger partial charge is 0.496 e. The van der Waals surface area contributed by atoms with Gasteiger partial charge in [-0.05, 0) is 36.5 Å². The molecule has 1 aliphatic heterocycles. The number of nitrogens with one attached hydrogen (secondary N) is 1. The van der Waals surface area contributed by atoms with Crippen LogP contribution in [0.5, 0.6) is 5.75 Å². The van der Waals surface area contributed by atoms with E-state index in [-0.39, 0.29) is 10.2 Å². The Balaban J connectivity index is 1.60. The van der Waals surface area contributed by atoms with Gasteiger partial charge in [0, 0.05) is 29.7 Å². The number of rotatable bonds is 4. The van der Waals surface area contributed by atoms with Gasteiger partial charge in [-0.15, -0.1) is 0 Å². The lowest BCUT2D eigenvalue weighted by atomic mass is 10.1. The van der Waals surface area contributed by atoms with Gasteiger partial charge in [0.25, 0.3) is 11.8 Å². The molecule has 6 nitrogen and oxygen atoms in total. The van der Waals surface area contributed by atoms with Crippen LogP contribution >= 0.6 is 24.0 Å². The predicted molar refractivity (Wildman–Crippen MR) is 118 cm³/mol. The maximum Gasteiger partial charge on any atom is 0.285 e. The lowest BCUT2D eigenvalue weighted by Crippen LogP contribution is -2.44. The number of thiocarbonyl (C=S) groups is 1. The Labute approximate surface area is 177 Å². The minimum absolute atomic E-state index is 0.268.